The topological polar surface area (TPSA) is 78.0 Å². The molecular weight excluding hydrogens is 348 g/mol. The normalized spacial score (nSPS) is 20.5. The SMILES string of the molecule is Cc1cnsc1C(=O)N1CCC(C)C(N(C)c2ncnc3[nH]ccc23)C1. The third kappa shape index (κ3) is 2.84. The molecule has 1 fully saturated rings. The van der Waals surface area contributed by atoms with Crippen LogP contribution >= 0.6 is 11.5 Å². The molecule has 0 saturated carbocycles. The van der Waals surface area contributed by atoms with Gasteiger partial charge in [-0.25, -0.2) is 14.3 Å². The fourth-order valence-electron chi connectivity index (χ4n) is 3.67. The van der Waals surface area contributed by atoms with E-state index in [4.69, 9.17) is 0 Å². The highest BCUT2D eigenvalue weighted by Gasteiger charge is 2.33. The van der Waals surface area contributed by atoms with Crippen LogP contribution < -0.4 is 4.90 Å². The number of carbonyl (C=O) groups excluding carboxylic acids is 1. The maximum atomic E-state index is 12.9. The maximum Gasteiger partial charge on any atom is 0.265 e. The number of H-pyrrole nitrogens is 1. The van der Waals surface area contributed by atoms with E-state index in [1.54, 1.807) is 12.5 Å². The largest absolute Gasteiger partial charge is 0.354 e. The Labute approximate surface area is 156 Å². The molecule has 1 saturated heterocycles. The molecule has 1 aliphatic heterocycles. The molecule has 0 aromatic carbocycles. The molecule has 7 nitrogen and oxygen atoms in total. The zero-order chi connectivity index (χ0) is 18.3. The fraction of sp³-hybridized carbons (Fsp3) is 0.444. The molecule has 1 N–H and O–H groups in total. The number of nitrogens with zero attached hydrogens (tertiary/aromatic N) is 5. The van der Waals surface area contributed by atoms with Crippen molar-refractivity contribution in [3.63, 3.8) is 0 Å². The Balaban J connectivity index is 1.60. The summed E-state index contributed by atoms with van der Waals surface area (Å²) in [4.78, 5) is 29.7. The van der Waals surface area contributed by atoms with Gasteiger partial charge in [-0.1, -0.05) is 6.92 Å². The van der Waals surface area contributed by atoms with E-state index in [1.165, 1.54) is 11.5 Å². The summed E-state index contributed by atoms with van der Waals surface area (Å²) in [5.41, 5.74) is 1.78. The number of anilines is 1. The second-order valence-electron chi connectivity index (χ2n) is 6.97. The summed E-state index contributed by atoms with van der Waals surface area (Å²) in [6.07, 6.45) is 6.20. The predicted molar refractivity (Wildman–Crippen MR) is 103 cm³/mol. The highest BCUT2D eigenvalue weighted by Crippen LogP contribution is 2.29. The number of amides is 1. The van der Waals surface area contributed by atoms with Crippen LogP contribution in [0.15, 0.2) is 24.8 Å². The van der Waals surface area contributed by atoms with Gasteiger partial charge in [0.25, 0.3) is 5.91 Å². The average molecular weight is 370 g/mol. The lowest BCUT2D eigenvalue weighted by atomic mass is 9.92. The quantitative estimate of drug-likeness (QED) is 0.767. The van der Waals surface area contributed by atoms with Gasteiger partial charge in [-0.15, -0.1) is 0 Å². The van der Waals surface area contributed by atoms with Gasteiger partial charge in [0.05, 0.1) is 11.4 Å². The van der Waals surface area contributed by atoms with Crippen molar-refractivity contribution in [2.24, 2.45) is 5.92 Å². The average Bonchev–Trinajstić information content (AvgIpc) is 3.29. The van der Waals surface area contributed by atoms with Crippen molar-refractivity contribution in [2.45, 2.75) is 26.3 Å². The summed E-state index contributed by atoms with van der Waals surface area (Å²) in [7, 11) is 2.06. The lowest BCUT2D eigenvalue weighted by Crippen LogP contribution is -2.52. The van der Waals surface area contributed by atoms with Crippen molar-refractivity contribution in [1.82, 2.24) is 24.2 Å². The molecule has 26 heavy (non-hydrogen) atoms. The molecule has 3 aromatic heterocycles. The summed E-state index contributed by atoms with van der Waals surface area (Å²) in [6.45, 7) is 5.65. The van der Waals surface area contributed by atoms with E-state index in [2.05, 4.69) is 38.2 Å². The lowest BCUT2D eigenvalue weighted by Gasteiger charge is -2.42. The van der Waals surface area contributed by atoms with E-state index in [0.29, 0.717) is 12.5 Å². The van der Waals surface area contributed by atoms with E-state index in [-0.39, 0.29) is 11.9 Å². The Kier molecular flexibility index (Phi) is 4.36. The lowest BCUT2D eigenvalue weighted by molar-refractivity contribution is 0.0674. The number of nitrogens with one attached hydrogen (secondary N) is 1. The Morgan fingerprint density at radius 3 is 3.04 bits per heavy atom. The van der Waals surface area contributed by atoms with Crippen LogP contribution in [0.3, 0.4) is 0 Å². The van der Waals surface area contributed by atoms with E-state index in [1.807, 2.05) is 24.1 Å². The first-order chi connectivity index (χ1) is 12.6. The minimum absolute atomic E-state index is 0.0878. The molecular formula is C18H22N6OS. The molecule has 2 unspecified atom stereocenters. The molecule has 1 amide bonds. The van der Waals surface area contributed by atoms with Gasteiger partial charge in [0, 0.05) is 32.5 Å². The standard InChI is InChI=1S/C18H22N6OS/c1-11-5-7-24(18(25)15-12(2)8-22-26-15)9-14(11)23(3)17-13-4-6-19-16(13)20-10-21-17/h4,6,8,10-11,14H,5,7,9H2,1-3H3,(H,19,20,21). The van der Waals surface area contributed by atoms with E-state index in [9.17, 15) is 4.79 Å². The highest BCUT2D eigenvalue weighted by atomic mass is 32.1. The first-order valence-corrected chi connectivity index (χ1v) is 9.55. The molecule has 3 aromatic rings. The minimum Gasteiger partial charge on any atom is -0.354 e. The van der Waals surface area contributed by atoms with Crippen LogP contribution in [0.4, 0.5) is 5.82 Å². The second-order valence-corrected chi connectivity index (χ2v) is 7.77. The minimum atomic E-state index is 0.0878. The second kappa shape index (κ2) is 6.68. The van der Waals surface area contributed by atoms with Crippen molar-refractivity contribution in [3.8, 4) is 0 Å². The molecule has 4 rings (SSSR count). The number of likely N-dealkylation sites (N-methyl/N-ethyl adjacent to an activating group) is 1. The van der Waals surface area contributed by atoms with Gasteiger partial charge < -0.3 is 14.8 Å². The van der Waals surface area contributed by atoms with Crippen LogP contribution in [-0.4, -0.2) is 56.3 Å². The van der Waals surface area contributed by atoms with Crippen LogP contribution in [0.5, 0.6) is 0 Å². The van der Waals surface area contributed by atoms with Gasteiger partial charge in [0.1, 0.15) is 22.7 Å². The third-order valence-corrected chi connectivity index (χ3v) is 6.20. The van der Waals surface area contributed by atoms with Gasteiger partial charge in [-0.3, -0.25) is 4.79 Å². The molecule has 0 aliphatic carbocycles. The number of piperidine rings is 1. The van der Waals surface area contributed by atoms with Crippen LogP contribution in [0, 0.1) is 12.8 Å². The first kappa shape index (κ1) is 17.0. The summed E-state index contributed by atoms with van der Waals surface area (Å²) in [5.74, 6) is 1.46. The van der Waals surface area contributed by atoms with E-state index in [0.717, 1.165) is 40.3 Å². The zero-order valence-corrected chi connectivity index (χ0v) is 16.0. The Bertz CT molecular complexity index is 935. The predicted octanol–water partition coefficient (Wildman–Crippen LogP) is 2.71. The summed E-state index contributed by atoms with van der Waals surface area (Å²) in [5, 5.41) is 1.00. The van der Waals surface area contributed by atoms with Crippen molar-refractivity contribution >= 4 is 34.3 Å². The van der Waals surface area contributed by atoms with Gasteiger partial charge in [-0.05, 0) is 42.4 Å². The van der Waals surface area contributed by atoms with Crippen molar-refractivity contribution in [3.05, 3.63) is 35.2 Å². The number of hydrogen-bond donors (Lipinski definition) is 1. The molecule has 4 heterocycles. The van der Waals surface area contributed by atoms with Crippen LogP contribution in [-0.2, 0) is 0 Å². The molecule has 136 valence electrons. The number of aromatic nitrogens is 4. The van der Waals surface area contributed by atoms with Gasteiger partial charge >= 0.3 is 0 Å². The smallest absolute Gasteiger partial charge is 0.265 e. The molecule has 2 atom stereocenters. The molecule has 0 bridgehead atoms. The molecule has 0 spiro atoms. The highest BCUT2D eigenvalue weighted by molar-refractivity contribution is 7.08. The number of hydrogen-bond acceptors (Lipinski definition) is 6. The Hall–Kier alpha value is -2.48. The summed E-state index contributed by atoms with van der Waals surface area (Å²) < 4.78 is 4.15. The number of aryl methyl sites for hydroxylation is 1. The summed E-state index contributed by atoms with van der Waals surface area (Å²) in [6, 6.07) is 2.20. The number of carbonyl (C=O) groups is 1. The molecule has 8 heteroatoms. The maximum absolute atomic E-state index is 12.9. The first-order valence-electron chi connectivity index (χ1n) is 8.77. The Morgan fingerprint density at radius 1 is 1.42 bits per heavy atom. The number of likely N-dealkylation sites (tertiary alicyclic amines) is 1. The number of aromatic amines is 1. The van der Waals surface area contributed by atoms with Crippen LogP contribution in [0.2, 0.25) is 0 Å². The van der Waals surface area contributed by atoms with E-state index >= 15 is 0 Å². The van der Waals surface area contributed by atoms with Gasteiger partial charge in [-0.2, -0.15) is 0 Å². The number of rotatable bonds is 3. The fourth-order valence-corrected chi connectivity index (χ4v) is 4.39. The molecule has 0 radical (unpaired) electrons. The van der Waals surface area contributed by atoms with Gasteiger partial charge in [0.2, 0.25) is 0 Å². The monoisotopic (exact) mass is 370 g/mol. The van der Waals surface area contributed by atoms with Crippen molar-refractivity contribution in [2.75, 3.05) is 25.0 Å². The van der Waals surface area contributed by atoms with Crippen LogP contribution in [0.1, 0.15) is 28.6 Å². The molecule has 1 aliphatic rings. The third-order valence-electron chi connectivity index (χ3n) is 5.31. The Morgan fingerprint density at radius 2 is 2.27 bits per heavy atom. The summed E-state index contributed by atoms with van der Waals surface area (Å²) >= 11 is 1.28. The zero-order valence-electron chi connectivity index (χ0n) is 15.1. The van der Waals surface area contributed by atoms with Crippen LogP contribution in [0.25, 0.3) is 11.0 Å². The van der Waals surface area contributed by atoms with E-state index < -0.39 is 0 Å². The van der Waals surface area contributed by atoms with Crippen molar-refractivity contribution in [1.29, 1.82) is 0 Å². The number of fused-ring (bicyclic) bond motifs is 1. The van der Waals surface area contributed by atoms with Crippen molar-refractivity contribution < 1.29 is 4.79 Å². The van der Waals surface area contributed by atoms with Gasteiger partial charge in [0.15, 0.2) is 0 Å².